The van der Waals surface area contributed by atoms with E-state index >= 15 is 0 Å². The van der Waals surface area contributed by atoms with E-state index in [4.69, 9.17) is 0 Å². The van der Waals surface area contributed by atoms with Gasteiger partial charge in [-0.2, -0.15) is 0 Å². The van der Waals surface area contributed by atoms with Gasteiger partial charge in [-0.05, 0) is 23.9 Å². The topological polar surface area (TPSA) is 66.5 Å². The molecule has 102 valence electrons. The highest BCUT2D eigenvalue weighted by Crippen LogP contribution is 2.15. The Bertz CT molecular complexity index is 494. The predicted octanol–water partition coefficient (Wildman–Crippen LogP) is 1.21. The minimum atomic E-state index is -0.174. The van der Waals surface area contributed by atoms with Gasteiger partial charge < -0.3 is 5.32 Å². The number of hydrogen-bond acceptors (Lipinski definition) is 4. The molecule has 3 amide bonds. The third-order valence-corrected chi connectivity index (χ3v) is 4.15. The van der Waals surface area contributed by atoms with E-state index < -0.39 is 0 Å². The van der Waals surface area contributed by atoms with Gasteiger partial charge in [0.1, 0.15) is 0 Å². The first-order valence-corrected chi connectivity index (χ1v) is 7.09. The van der Waals surface area contributed by atoms with Crippen LogP contribution in [0, 0.1) is 6.92 Å². The Morgan fingerprint density at radius 1 is 1.37 bits per heavy atom. The Hall–Kier alpha value is -1.69. The maximum absolute atomic E-state index is 11.7. The van der Waals surface area contributed by atoms with Gasteiger partial charge in [-0.3, -0.25) is 19.3 Å². The summed E-state index contributed by atoms with van der Waals surface area (Å²) in [5.41, 5.74) is 1.16. The van der Waals surface area contributed by atoms with Gasteiger partial charge in [-0.1, -0.05) is 0 Å². The molecule has 0 radical (unpaired) electrons. The second kappa shape index (κ2) is 5.97. The van der Waals surface area contributed by atoms with Crippen molar-refractivity contribution in [1.29, 1.82) is 0 Å². The fourth-order valence-corrected chi connectivity index (χ4v) is 2.78. The number of nitrogens with one attached hydrogen (secondary N) is 1. The van der Waals surface area contributed by atoms with Crippen molar-refractivity contribution in [3.63, 3.8) is 0 Å². The number of nitrogens with zero attached hydrogens (tertiary/aromatic N) is 1. The molecule has 6 heteroatoms. The van der Waals surface area contributed by atoms with Gasteiger partial charge in [0.2, 0.25) is 17.7 Å². The molecule has 0 aliphatic carbocycles. The van der Waals surface area contributed by atoms with Crippen molar-refractivity contribution in [1.82, 2.24) is 10.2 Å². The van der Waals surface area contributed by atoms with Crippen molar-refractivity contribution in [2.45, 2.75) is 32.7 Å². The Morgan fingerprint density at radius 2 is 2.05 bits per heavy atom. The highest BCUT2D eigenvalue weighted by molar-refractivity contribution is 7.10. The molecule has 0 bridgehead atoms. The van der Waals surface area contributed by atoms with Crippen LogP contribution in [0.3, 0.4) is 0 Å². The van der Waals surface area contributed by atoms with Gasteiger partial charge in [0, 0.05) is 30.7 Å². The predicted molar refractivity (Wildman–Crippen MR) is 71.5 cm³/mol. The number of carbonyl (C=O) groups is 3. The van der Waals surface area contributed by atoms with Crippen LogP contribution in [0.15, 0.2) is 11.4 Å². The standard InChI is InChI=1S/C13H16N2O3S/c1-9-5-7-19-10(9)8-14-11(16)4-6-15-12(17)2-3-13(15)18/h5,7H,2-4,6,8H2,1H3,(H,14,16). The third kappa shape index (κ3) is 3.41. The van der Waals surface area contributed by atoms with Crippen LogP contribution in [-0.2, 0) is 20.9 Å². The summed E-state index contributed by atoms with van der Waals surface area (Å²) >= 11 is 1.60. The Kier molecular flexibility index (Phi) is 4.31. The SMILES string of the molecule is Cc1ccsc1CNC(=O)CCN1C(=O)CCC1=O. The van der Waals surface area contributed by atoms with Crippen LogP contribution in [0.1, 0.15) is 29.7 Å². The van der Waals surface area contributed by atoms with Crippen molar-refractivity contribution >= 4 is 29.1 Å². The second-order valence-electron chi connectivity index (χ2n) is 4.49. The largest absolute Gasteiger partial charge is 0.351 e. The Balaban J connectivity index is 1.74. The first-order valence-electron chi connectivity index (χ1n) is 6.21. The fourth-order valence-electron chi connectivity index (χ4n) is 1.94. The number of rotatable bonds is 5. The molecule has 2 rings (SSSR count). The molecule has 0 atom stereocenters. The molecular formula is C13H16N2O3S. The van der Waals surface area contributed by atoms with Gasteiger partial charge in [0.15, 0.2) is 0 Å². The van der Waals surface area contributed by atoms with Crippen molar-refractivity contribution in [2.75, 3.05) is 6.54 Å². The minimum Gasteiger partial charge on any atom is -0.351 e. The smallest absolute Gasteiger partial charge is 0.229 e. The van der Waals surface area contributed by atoms with Crippen LogP contribution < -0.4 is 5.32 Å². The van der Waals surface area contributed by atoms with Crippen LogP contribution in [0.25, 0.3) is 0 Å². The highest BCUT2D eigenvalue weighted by Gasteiger charge is 2.28. The van der Waals surface area contributed by atoms with Crippen LogP contribution in [-0.4, -0.2) is 29.2 Å². The van der Waals surface area contributed by atoms with Crippen LogP contribution in [0.2, 0.25) is 0 Å². The molecule has 5 nitrogen and oxygen atoms in total. The maximum Gasteiger partial charge on any atom is 0.229 e. The highest BCUT2D eigenvalue weighted by atomic mass is 32.1. The Morgan fingerprint density at radius 3 is 2.63 bits per heavy atom. The number of imide groups is 1. The van der Waals surface area contributed by atoms with E-state index in [1.165, 1.54) is 4.90 Å². The zero-order valence-electron chi connectivity index (χ0n) is 10.8. The molecule has 1 N–H and O–H groups in total. The molecule has 19 heavy (non-hydrogen) atoms. The molecule has 0 aromatic carbocycles. The lowest BCUT2D eigenvalue weighted by Gasteiger charge is -2.13. The van der Waals surface area contributed by atoms with E-state index in [0.717, 1.165) is 10.4 Å². The summed E-state index contributed by atoms with van der Waals surface area (Å²) in [6.45, 7) is 2.69. The van der Waals surface area contributed by atoms with Gasteiger partial charge in [-0.15, -0.1) is 11.3 Å². The summed E-state index contributed by atoms with van der Waals surface area (Å²) in [5, 5.41) is 4.79. The molecule has 1 fully saturated rings. The Labute approximate surface area is 115 Å². The molecule has 0 spiro atoms. The molecule has 0 unspecified atom stereocenters. The second-order valence-corrected chi connectivity index (χ2v) is 5.49. The molecule has 0 saturated carbocycles. The first-order chi connectivity index (χ1) is 9.08. The number of hydrogen-bond donors (Lipinski definition) is 1. The maximum atomic E-state index is 11.7. The van der Waals surface area contributed by atoms with Gasteiger partial charge in [0.25, 0.3) is 0 Å². The van der Waals surface area contributed by atoms with E-state index in [1.54, 1.807) is 11.3 Å². The normalized spacial score (nSPS) is 15.1. The average Bonchev–Trinajstić information content (AvgIpc) is 2.92. The van der Waals surface area contributed by atoms with E-state index in [1.807, 2.05) is 18.4 Å². The number of carbonyl (C=O) groups excluding carboxylic acids is 3. The zero-order chi connectivity index (χ0) is 13.8. The summed E-state index contributed by atoms with van der Waals surface area (Å²) in [6, 6.07) is 2.01. The van der Waals surface area contributed by atoms with Crippen molar-refractivity contribution < 1.29 is 14.4 Å². The quantitative estimate of drug-likeness (QED) is 0.824. The number of amides is 3. The van der Waals surface area contributed by atoms with Crippen molar-refractivity contribution in [2.24, 2.45) is 0 Å². The summed E-state index contributed by atoms with van der Waals surface area (Å²) in [5.74, 6) is -0.487. The van der Waals surface area contributed by atoms with Crippen LogP contribution >= 0.6 is 11.3 Å². The van der Waals surface area contributed by atoms with Crippen molar-refractivity contribution in [3.8, 4) is 0 Å². The lowest BCUT2D eigenvalue weighted by Crippen LogP contribution is -2.33. The van der Waals surface area contributed by atoms with E-state index in [-0.39, 0.29) is 43.5 Å². The lowest BCUT2D eigenvalue weighted by atomic mass is 10.3. The molecular weight excluding hydrogens is 264 g/mol. The third-order valence-electron chi connectivity index (χ3n) is 3.13. The fraction of sp³-hybridized carbons (Fsp3) is 0.462. The summed E-state index contributed by atoms with van der Waals surface area (Å²) in [4.78, 5) is 36.7. The zero-order valence-corrected chi connectivity index (χ0v) is 11.6. The van der Waals surface area contributed by atoms with E-state index in [2.05, 4.69) is 5.32 Å². The molecule has 2 heterocycles. The summed E-state index contributed by atoms with van der Waals surface area (Å²) in [6.07, 6.45) is 0.714. The van der Waals surface area contributed by atoms with Gasteiger partial charge in [0.05, 0.1) is 6.54 Å². The average molecular weight is 280 g/mol. The van der Waals surface area contributed by atoms with E-state index in [0.29, 0.717) is 6.54 Å². The van der Waals surface area contributed by atoms with Gasteiger partial charge in [-0.25, -0.2) is 0 Å². The van der Waals surface area contributed by atoms with E-state index in [9.17, 15) is 14.4 Å². The minimum absolute atomic E-state index is 0.139. The van der Waals surface area contributed by atoms with Crippen LogP contribution in [0.4, 0.5) is 0 Å². The monoisotopic (exact) mass is 280 g/mol. The number of likely N-dealkylation sites (tertiary alicyclic amines) is 1. The molecule has 1 saturated heterocycles. The molecule has 1 aromatic heterocycles. The molecule has 1 aliphatic heterocycles. The lowest BCUT2D eigenvalue weighted by molar-refractivity contribution is -0.138. The molecule has 1 aliphatic rings. The van der Waals surface area contributed by atoms with Crippen LogP contribution in [0.5, 0.6) is 0 Å². The summed E-state index contributed by atoms with van der Waals surface area (Å²) < 4.78 is 0. The summed E-state index contributed by atoms with van der Waals surface area (Å²) in [7, 11) is 0. The first kappa shape index (κ1) is 13.7. The number of aryl methyl sites for hydroxylation is 1. The van der Waals surface area contributed by atoms with Gasteiger partial charge >= 0.3 is 0 Å². The number of thiophene rings is 1. The van der Waals surface area contributed by atoms with Crippen molar-refractivity contribution in [3.05, 3.63) is 21.9 Å². The molecule has 1 aromatic rings.